The van der Waals surface area contributed by atoms with Gasteiger partial charge < -0.3 is 4.90 Å². The molecule has 0 saturated carbocycles. The third-order valence-electron chi connectivity index (χ3n) is 2.58. The maximum atomic E-state index is 11.1. The molecule has 1 heterocycles. The van der Waals surface area contributed by atoms with Gasteiger partial charge in [-0.05, 0) is 20.8 Å². The Kier molecular flexibility index (Phi) is 4.37. The minimum Gasteiger partial charge on any atom is -0.340 e. The molecule has 90 valence electrons. The molecule has 16 heavy (non-hydrogen) atoms. The Balaban J connectivity index is 2.32. The Hall–Kier alpha value is -1.01. The summed E-state index contributed by atoms with van der Waals surface area (Å²) >= 11 is 0. The molecule has 0 N–H and O–H groups in total. The molecule has 0 aromatic heterocycles. The lowest BCUT2D eigenvalue weighted by molar-refractivity contribution is -0.130. The van der Waals surface area contributed by atoms with Crippen molar-refractivity contribution in [2.75, 3.05) is 32.7 Å². The maximum Gasteiger partial charge on any atom is 0.219 e. The second kappa shape index (κ2) is 5.36. The number of hydrogen-bond acceptors (Lipinski definition) is 2. The van der Waals surface area contributed by atoms with Crippen molar-refractivity contribution >= 4 is 5.91 Å². The monoisotopic (exact) mass is 222 g/mol. The molecule has 0 atom stereocenters. The van der Waals surface area contributed by atoms with Crippen LogP contribution in [0, 0.1) is 17.3 Å². The molecular formula is C13H22N2O. The smallest absolute Gasteiger partial charge is 0.219 e. The first-order valence-corrected chi connectivity index (χ1v) is 5.86. The summed E-state index contributed by atoms with van der Waals surface area (Å²) in [7, 11) is 0. The molecule has 1 fully saturated rings. The number of nitrogens with zero attached hydrogens (tertiary/aromatic N) is 2. The Bertz CT molecular complexity index is 298. The Labute approximate surface area is 98.8 Å². The zero-order valence-electron chi connectivity index (χ0n) is 10.8. The second-order valence-electron chi connectivity index (χ2n) is 5.33. The average Bonchev–Trinajstić information content (AvgIpc) is 2.16. The Morgan fingerprint density at radius 2 is 1.75 bits per heavy atom. The lowest BCUT2D eigenvalue weighted by Gasteiger charge is -2.33. The van der Waals surface area contributed by atoms with Crippen molar-refractivity contribution < 1.29 is 4.79 Å². The number of amides is 1. The zero-order chi connectivity index (χ0) is 12.2. The molecule has 3 heteroatoms. The van der Waals surface area contributed by atoms with Gasteiger partial charge >= 0.3 is 0 Å². The predicted octanol–water partition coefficient (Wildman–Crippen LogP) is 1.20. The third kappa shape index (κ3) is 4.67. The first-order chi connectivity index (χ1) is 7.38. The van der Waals surface area contributed by atoms with E-state index in [1.807, 2.05) is 4.90 Å². The maximum absolute atomic E-state index is 11.1. The van der Waals surface area contributed by atoms with Crippen LogP contribution in [0.3, 0.4) is 0 Å². The van der Waals surface area contributed by atoms with Crippen LogP contribution in [-0.4, -0.2) is 48.4 Å². The van der Waals surface area contributed by atoms with Crippen LogP contribution in [0.2, 0.25) is 0 Å². The van der Waals surface area contributed by atoms with Crippen molar-refractivity contribution in [1.82, 2.24) is 9.80 Å². The molecule has 0 radical (unpaired) electrons. The van der Waals surface area contributed by atoms with Gasteiger partial charge in [0.1, 0.15) is 0 Å². The molecule has 0 unspecified atom stereocenters. The number of hydrogen-bond donors (Lipinski definition) is 0. The molecule has 0 aromatic rings. The van der Waals surface area contributed by atoms with Crippen LogP contribution in [0.1, 0.15) is 27.7 Å². The molecule has 1 aliphatic heterocycles. The summed E-state index contributed by atoms with van der Waals surface area (Å²) < 4.78 is 0. The number of piperazine rings is 1. The number of rotatable bonds is 1. The van der Waals surface area contributed by atoms with Crippen LogP contribution in [0.4, 0.5) is 0 Å². The van der Waals surface area contributed by atoms with E-state index in [4.69, 9.17) is 0 Å². The lowest BCUT2D eigenvalue weighted by atomic mass is 9.98. The minimum absolute atomic E-state index is 0.0845. The van der Waals surface area contributed by atoms with Crippen LogP contribution in [0.15, 0.2) is 0 Å². The highest BCUT2D eigenvalue weighted by atomic mass is 16.2. The van der Waals surface area contributed by atoms with Gasteiger partial charge in [0.2, 0.25) is 5.91 Å². The molecular weight excluding hydrogens is 200 g/mol. The number of carbonyl (C=O) groups excluding carboxylic acids is 1. The summed E-state index contributed by atoms with van der Waals surface area (Å²) in [6, 6.07) is 0. The van der Waals surface area contributed by atoms with Crippen LogP contribution < -0.4 is 0 Å². The van der Waals surface area contributed by atoms with Gasteiger partial charge in [-0.2, -0.15) is 0 Å². The highest BCUT2D eigenvalue weighted by molar-refractivity contribution is 5.73. The standard InChI is InChI=1S/C13H22N2O/c1-12(16)15-10-8-14(9-11-15)7-5-6-13(2,3)4/h7-11H2,1-4H3. The van der Waals surface area contributed by atoms with Crippen molar-refractivity contribution in [1.29, 1.82) is 0 Å². The van der Waals surface area contributed by atoms with Gasteiger partial charge in [0.05, 0.1) is 6.54 Å². The predicted molar refractivity (Wildman–Crippen MR) is 65.9 cm³/mol. The quantitative estimate of drug-likeness (QED) is 0.622. The van der Waals surface area contributed by atoms with E-state index < -0.39 is 0 Å². The van der Waals surface area contributed by atoms with Crippen LogP contribution >= 0.6 is 0 Å². The first-order valence-electron chi connectivity index (χ1n) is 5.86. The summed E-state index contributed by atoms with van der Waals surface area (Å²) in [5.74, 6) is 6.62. The van der Waals surface area contributed by atoms with E-state index in [9.17, 15) is 4.79 Å². The van der Waals surface area contributed by atoms with E-state index in [1.165, 1.54) is 0 Å². The van der Waals surface area contributed by atoms with Gasteiger partial charge in [-0.3, -0.25) is 9.69 Å². The van der Waals surface area contributed by atoms with Gasteiger partial charge in [-0.25, -0.2) is 0 Å². The van der Waals surface area contributed by atoms with Gasteiger partial charge in [-0.15, -0.1) is 0 Å². The second-order valence-corrected chi connectivity index (χ2v) is 5.33. The van der Waals surface area contributed by atoms with Crippen molar-refractivity contribution in [3.63, 3.8) is 0 Å². The zero-order valence-corrected chi connectivity index (χ0v) is 10.8. The SMILES string of the molecule is CC(=O)N1CCN(CC#CC(C)(C)C)CC1. The van der Waals surface area contributed by atoms with Crippen LogP contribution in [0.25, 0.3) is 0 Å². The van der Waals surface area contributed by atoms with Crippen LogP contribution in [0.5, 0.6) is 0 Å². The van der Waals surface area contributed by atoms with Gasteiger partial charge in [-0.1, -0.05) is 11.8 Å². The summed E-state index contributed by atoms with van der Waals surface area (Å²) in [6.45, 7) is 12.4. The molecule has 0 spiro atoms. The largest absolute Gasteiger partial charge is 0.340 e. The van der Waals surface area contributed by atoms with E-state index in [-0.39, 0.29) is 11.3 Å². The third-order valence-corrected chi connectivity index (χ3v) is 2.58. The topological polar surface area (TPSA) is 23.6 Å². The minimum atomic E-state index is 0.0845. The van der Waals surface area contributed by atoms with Gasteiger partial charge in [0, 0.05) is 38.5 Å². The normalized spacial score (nSPS) is 17.9. The fraction of sp³-hybridized carbons (Fsp3) is 0.769. The number of carbonyl (C=O) groups is 1. The average molecular weight is 222 g/mol. The van der Waals surface area contributed by atoms with Gasteiger partial charge in [0.25, 0.3) is 0 Å². The summed E-state index contributed by atoms with van der Waals surface area (Å²) in [5, 5.41) is 0. The molecule has 1 amide bonds. The highest BCUT2D eigenvalue weighted by Crippen LogP contribution is 2.09. The molecule has 0 aromatic carbocycles. The molecule has 1 rings (SSSR count). The van der Waals surface area contributed by atoms with Crippen molar-refractivity contribution in [3.05, 3.63) is 0 Å². The summed E-state index contributed by atoms with van der Waals surface area (Å²) in [4.78, 5) is 15.3. The molecule has 1 aliphatic rings. The van der Waals surface area contributed by atoms with Crippen molar-refractivity contribution in [2.24, 2.45) is 5.41 Å². The van der Waals surface area contributed by atoms with E-state index >= 15 is 0 Å². The van der Waals surface area contributed by atoms with Crippen molar-refractivity contribution in [3.8, 4) is 11.8 Å². The molecule has 0 aliphatic carbocycles. The summed E-state index contributed by atoms with van der Waals surface area (Å²) in [6.07, 6.45) is 0. The van der Waals surface area contributed by atoms with E-state index in [0.717, 1.165) is 32.7 Å². The van der Waals surface area contributed by atoms with Crippen LogP contribution in [-0.2, 0) is 4.79 Å². The van der Waals surface area contributed by atoms with E-state index in [1.54, 1.807) is 6.92 Å². The molecule has 1 saturated heterocycles. The fourth-order valence-corrected chi connectivity index (χ4v) is 1.64. The Morgan fingerprint density at radius 1 is 1.19 bits per heavy atom. The molecule has 0 bridgehead atoms. The Morgan fingerprint density at radius 3 is 2.19 bits per heavy atom. The van der Waals surface area contributed by atoms with E-state index in [0.29, 0.717) is 0 Å². The lowest BCUT2D eigenvalue weighted by Crippen LogP contribution is -2.48. The first kappa shape index (κ1) is 13.1. The highest BCUT2D eigenvalue weighted by Gasteiger charge is 2.17. The fourth-order valence-electron chi connectivity index (χ4n) is 1.64. The van der Waals surface area contributed by atoms with E-state index in [2.05, 4.69) is 37.5 Å². The van der Waals surface area contributed by atoms with Crippen molar-refractivity contribution in [2.45, 2.75) is 27.7 Å². The van der Waals surface area contributed by atoms with Gasteiger partial charge in [0.15, 0.2) is 0 Å². The molecule has 3 nitrogen and oxygen atoms in total. The summed E-state index contributed by atoms with van der Waals surface area (Å²) in [5.41, 5.74) is 0.0845.